The molecule has 3 rings (SSSR count). The first-order valence-electron chi connectivity index (χ1n) is 8.93. The molecule has 2 aromatic carbocycles. The van der Waals surface area contributed by atoms with Crippen LogP contribution >= 0.6 is 0 Å². The van der Waals surface area contributed by atoms with Gasteiger partial charge in [-0.05, 0) is 22.9 Å². The summed E-state index contributed by atoms with van der Waals surface area (Å²) in [6.07, 6.45) is -4.60. The van der Waals surface area contributed by atoms with E-state index < -0.39 is 49.1 Å². The summed E-state index contributed by atoms with van der Waals surface area (Å²) >= 11 is 0. The van der Waals surface area contributed by atoms with E-state index in [0.29, 0.717) is 5.75 Å². The van der Waals surface area contributed by atoms with Gasteiger partial charge in [0.15, 0.2) is 6.10 Å². The van der Waals surface area contributed by atoms with Crippen molar-refractivity contribution in [2.75, 3.05) is 6.61 Å². The van der Waals surface area contributed by atoms with Crippen LogP contribution in [0.3, 0.4) is 0 Å². The molecule has 28 heavy (non-hydrogen) atoms. The molecule has 1 heterocycles. The van der Waals surface area contributed by atoms with Crippen molar-refractivity contribution in [1.82, 2.24) is 5.32 Å². The van der Waals surface area contributed by atoms with E-state index in [0.717, 1.165) is 10.8 Å². The normalized spacial score (nSPS) is 27.2. The highest BCUT2D eigenvalue weighted by atomic mass is 16.7. The van der Waals surface area contributed by atoms with Crippen molar-refractivity contribution in [3.8, 4) is 5.75 Å². The minimum Gasteiger partial charge on any atom is -0.463 e. The molecule has 0 bridgehead atoms. The molecular formula is C20H23NO7. The van der Waals surface area contributed by atoms with Gasteiger partial charge in [0.25, 0.3) is 0 Å². The zero-order chi connectivity index (χ0) is 20.3. The molecule has 1 aliphatic rings. The van der Waals surface area contributed by atoms with Crippen LogP contribution in [0, 0.1) is 0 Å². The second-order valence-electron chi connectivity index (χ2n) is 6.64. The van der Waals surface area contributed by atoms with Gasteiger partial charge in [0.05, 0.1) is 6.61 Å². The van der Waals surface area contributed by atoms with E-state index in [1.54, 1.807) is 6.07 Å². The number of aliphatic hydroxyl groups is 2. The fourth-order valence-electron chi connectivity index (χ4n) is 3.26. The van der Waals surface area contributed by atoms with Gasteiger partial charge in [-0.25, -0.2) is 0 Å². The van der Waals surface area contributed by atoms with Crippen molar-refractivity contribution in [2.24, 2.45) is 0 Å². The minimum atomic E-state index is -1.33. The Hall–Kier alpha value is -2.68. The zero-order valence-electron chi connectivity index (χ0n) is 15.6. The minimum absolute atomic E-state index is 0.410. The molecule has 0 unspecified atom stereocenters. The van der Waals surface area contributed by atoms with Gasteiger partial charge in [-0.3, -0.25) is 9.59 Å². The van der Waals surface area contributed by atoms with Crippen molar-refractivity contribution in [1.29, 1.82) is 0 Å². The van der Waals surface area contributed by atoms with Gasteiger partial charge in [-0.2, -0.15) is 0 Å². The average Bonchev–Trinajstić information content (AvgIpc) is 2.66. The number of benzene rings is 2. The van der Waals surface area contributed by atoms with Gasteiger partial charge >= 0.3 is 5.97 Å². The maximum Gasteiger partial charge on any atom is 0.303 e. The van der Waals surface area contributed by atoms with Crippen LogP contribution in [-0.4, -0.2) is 59.3 Å². The lowest BCUT2D eigenvalue weighted by Gasteiger charge is -2.43. The number of nitrogens with one attached hydrogen (secondary N) is 1. The van der Waals surface area contributed by atoms with Crippen molar-refractivity contribution in [3.63, 3.8) is 0 Å². The lowest BCUT2D eigenvalue weighted by Crippen LogP contribution is -2.66. The first-order valence-corrected chi connectivity index (χ1v) is 8.93. The standard InChI is InChI=1S/C20H23NO7/c1-11(23)21-17-19(26-12(2)24)18(25)16(10-22)28-20(17)27-15-8-7-13-5-3-4-6-14(13)9-15/h3-9,16-20,22,25H,10H2,1-2H3,(H,21,23)/t16-,17+,18-,19+,20-/m1/s1. The molecule has 8 nitrogen and oxygen atoms in total. The van der Waals surface area contributed by atoms with E-state index in [9.17, 15) is 19.8 Å². The van der Waals surface area contributed by atoms with Crippen molar-refractivity contribution in [3.05, 3.63) is 42.5 Å². The summed E-state index contributed by atoms with van der Waals surface area (Å²) in [7, 11) is 0. The highest BCUT2D eigenvalue weighted by molar-refractivity contribution is 5.83. The van der Waals surface area contributed by atoms with Gasteiger partial charge in [-0.1, -0.05) is 30.3 Å². The van der Waals surface area contributed by atoms with E-state index in [1.807, 2.05) is 36.4 Å². The molecule has 1 fully saturated rings. The quantitative estimate of drug-likeness (QED) is 0.646. The van der Waals surface area contributed by atoms with Crippen LogP contribution in [0.15, 0.2) is 42.5 Å². The molecule has 2 aromatic rings. The molecule has 0 spiro atoms. The maximum absolute atomic E-state index is 11.7. The predicted octanol–water partition coefficient (Wildman–Crippen LogP) is 0.733. The SMILES string of the molecule is CC(=O)N[C@@H]1[C@H](Oc2ccc3ccccc3c2)O[C@H](CO)[C@@H](O)[C@H]1OC(C)=O. The number of fused-ring (bicyclic) bond motifs is 1. The third-order valence-corrected chi connectivity index (χ3v) is 4.50. The van der Waals surface area contributed by atoms with Crippen LogP contribution in [-0.2, 0) is 19.1 Å². The van der Waals surface area contributed by atoms with Crippen LogP contribution in [0.1, 0.15) is 13.8 Å². The summed E-state index contributed by atoms with van der Waals surface area (Å²) in [5.41, 5.74) is 0. The van der Waals surface area contributed by atoms with E-state index >= 15 is 0 Å². The van der Waals surface area contributed by atoms with Crippen LogP contribution in [0.4, 0.5) is 0 Å². The van der Waals surface area contributed by atoms with Crippen LogP contribution in [0.5, 0.6) is 5.75 Å². The zero-order valence-corrected chi connectivity index (χ0v) is 15.6. The molecule has 0 radical (unpaired) electrons. The Morgan fingerprint density at radius 3 is 2.50 bits per heavy atom. The molecule has 0 aliphatic carbocycles. The van der Waals surface area contributed by atoms with Gasteiger partial charge < -0.3 is 29.7 Å². The lowest BCUT2D eigenvalue weighted by molar-refractivity contribution is -0.249. The molecular weight excluding hydrogens is 366 g/mol. The number of amides is 1. The largest absolute Gasteiger partial charge is 0.463 e. The smallest absolute Gasteiger partial charge is 0.303 e. The van der Waals surface area contributed by atoms with Crippen molar-refractivity contribution >= 4 is 22.6 Å². The number of aliphatic hydroxyl groups excluding tert-OH is 2. The van der Waals surface area contributed by atoms with Gasteiger partial charge in [0, 0.05) is 13.8 Å². The number of ether oxygens (including phenoxy) is 3. The number of hydrogen-bond acceptors (Lipinski definition) is 7. The van der Waals surface area contributed by atoms with E-state index in [4.69, 9.17) is 14.2 Å². The fourth-order valence-corrected chi connectivity index (χ4v) is 3.26. The number of rotatable bonds is 5. The average molecular weight is 389 g/mol. The predicted molar refractivity (Wildman–Crippen MR) is 99.5 cm³/mol. The van der Waals surface area contributed by atoms with Crippen molar-refractivity contribution in [2.45, 2.75) is 44.5 Å². The van der Waals surface area contributed by atoms with E-state index in [1.165, 1.54) is 13.8 Å². The van der Waals surface area contributed by atoms with E-state index in [2.05, 4.69) is 5.32 Å². The fraction of sp³-hybridized carbons (Fsp3) is 0.400. The summed E-state index contributed by atoms with van der Waals surface area (Å²) in [5.74, 6) is -0.580. The van der Waals surface area contributed by atoms with Crippen LogP contribution in [0.25, 0.3) is 10.8 Å². The Labute approximate surface area is 162 Å². The monoisotopic (exact) mass is 389 g/mol. The van der Waals surface area contributed by atoms with Crippen LogP contribution < -0.4 is 10.1 Å². The summed E-state index contributed by atoms with van der Waals surface area (Å²) in [6.45, 7) is 1.98. The highest BCUT2D eigenvalue weighted by Gasteiger charge is 2.48. The summed E-state index contributed by atoms with van der Waals surface area (Å²) in [6, 6.07) is 12.2. The molecule has 3 N–H and O–H groups in total. The Morgan fingerprint density at radius 1 is 1.14 bits per heavy atom. The highest BCUT2D eigenvalue weighted by Crippen LogP contribution is 2.28. The third-order valence-electron chi connectivity index (χ3n) is 4.50. The van der Waals surface area contributed by atoms with E-state index in [-0.39, 0.29) is 0 Å². The topological polar surface area (TPSA) is 114 Å². The Bertz CT molecular complexity index is 855. The number of carbonyl (C=O) groups is 2. The Balaban J connectivity index is 1.91. The molecule has 5 atom stereocenters. The second-order valence-corrected chi connectivity index (χ2v) is 6.64. The second kappa shape index (κ2) is 8.55. The number of hydrogen-bond donors (Lipinski definition) is 3. The number of esters is 1. The molecule has 0 aromatic heterocycles. The van der Waals surface area contributed by atoms with Gasteiger partial charge in [0.1, 0.15) is 24.0 Å². The number of carbonyl (C=O) groups excluding carboxylic acids is 2. The molecule has 1 amide bonds. The van der Waals surface area contributed by atoms with Crippen molar-refractivity contribution < 1.29 is 34.0 Å². The maximum atomic E-state index is 11.7. The Morgan fingerprint density at radius 2 is 1.86 bits per heavy atom. The molecule has 8 heteroatoms. The third kappa shape index (κ3) is 4.41. The summed E-state index contributed by atoms with van der Waals surface area (Å²) in [5, 5.41) is 24.5. The summed E-state index contributed by atoms with van der Waals surface area (Å²) in [4.78, 5) is 23.2. The summed E-state index contributed by atoms with van der Waals surface area (Å²) < 4.78 is 16.8. The first kappa shape index (κ1) is 20.1. The van der Waals surface area contributed by atoms with Crippen LogP contribution in [0.2, 0.25) is 0 Å². The molecule has 1 saturated heterocycles. The lowest BCUT2D eigenvalue weighted by atomic mass is 9.96. The molecule has 1 aliphatic heterocycles. The molecule has 150 valence electrons. The Kier molecular flexibility index (Phi) is 6.13. The molecule has 0 saturated carbocycles. The van der Waals surface area contributed by atoms with Gasteiger partial charge in [0.2, 0.25) is 12.2 Å². The van der Waals surface area contributed by atoms with Gasteiger partial charge in [-0.15, -0.1) is 0 Å². The first-order chi connectivity index (χ1) is 13.4.